The van der Waals surface area contributed by atoms with Crippen molar-refractivity contribution in [2.75, 3.05) is 52.3 Å². The van der Waals surface area contributed by atoms with Crippen molar-refractivity contribution in [2.24, 2.45) is 14.1 Å². The highest BCUT2D eigenvalue weighted by atomic mass is 35.5. The number of hydrogen-bond acceptors (Lipinski definition) is 10. The Balaban J connectivity index is 1.10. The van der Waals surface area contributed by atoms with Crippen LogP contribution in [0, 0.1) is 13.8 Å². The quantitative estimate of drug-likeness (QED) is 0.213. The van der Waals surface area contributed by atoms with Crippen LogP contribution in [0.4, 0.5) is 16.3 Å². The highest BCUT2D eigenvalue weighted by molar-refractivity contribution is 6.36. The number of likely N-dealkylation sites (tertiary alicyclic amines) is 1. The van der Waals surface area contributed by atoms with Crippen LogP contribution in [0.15, 0.2) is 52.1 Å². The number of carbonyl (C=O) groups excluding carboxylic acids is 1. The van der Waals surface area contributed by atoms with Gasteiger partial charge >= 0.3 is 11.7 Å². The molecule has 2 saturated heterocycles. The van der Waals surface area contributed by atoms with Crippen LogP contribution in [0.3, 0.4) is 0 Å². The lowest BCUT2D eigenvalue weighted by Crippen LogP contribution is -2.46. The molecule has 2 unspecified atom stereocenters. The molecule has 3 aliphatic rings. The predicted molar refractivity (Wildman–Crippen MR) is 211 cm³/mol. The number of aromatic nitrogens is 5. The van der Waals surface area contributed by atoms with Crippen LogP contribution in [-0.4, -0.2) is 92.5 Å². The standard InChI is InChI=1S/C40H44ClN9O5/c1-22-25(9-8-12-28(22)44-34-32-35(43-23(2)42-34)47(3)39(53)48(4)37(32)51)26-10-7-11-27(33(26)41)29-19-24-13-14-30(31(24)36(45-29)55-6)49-16-15-40(20-49)21-50(17-18-54-5)38(52)46-40/h7-12,19,30H,13-18,20-21H2,1-6H3,(H,46,52)(H,42,43,44). The highest BCUT2D eigenvalue weighted by Crippen LogP contribution is 2.46. The first kappa shape index (κ1) is 36.7. The number of halogens is 1. The molecule has 0 bridgehead atoms. The molecule has 2 aliphatic heterocycles. The first-order chi connectivity index (χ1) is 26.4. The summed E-state index contributed by atoms with van der Waals surface area (Å²) in [5.74, 6) is 1.32. The van der Waals surface area contributed by atoms with E-state index in [4.69, 9.17) is 26.1 Å². The Morgan fingerprint density at radius 1 is 0.982 bits per heavy atom. The van der Waals surface area contributed by atoms with Gasteiger partial charge < -0.3 is 25.0 Å². The Morgan fingerprint density at radius 3 is 2.53 bits per heavy atom. The maximum Gasteiger partial charge on any atom is 0.332 e. The van der Waals surface area contributed by atoms with E-state index in [1.165, 1.54) is 17.2 Å². The zero-order valence-electron chi connectivity index (χ0n) is 31.8. The van der Waals surface area contributed by atoms with Gasteiger partial charge in [-0.2, -0.15) is 0 Å². The summed E-state index contributed by atoms with van der Waals surface area (Å²) >= 11 is 7.28. The molecule has 2 aromatic carbocycles. The topological polar surface area (TPSA) is 149 Å². The molecule has 3 aromatic heterocycles. The molecule has 0 radical (unpaired) electrons. The molecule has 1 aliphatic carbocycles. The summed E-state index contributed by atoms with van der Waals surface area (Å²) in [4.78, 5) is 57.1. The molecule has 8 rings (SSSR count). The molecule has 2 fully saturated rings. The Hall–Kier alpha value is -5.31. The maximum atomic E-state index is 13.3. The number of benzene rings is 2. The van der Waals surface area contributed by atoms with E-state index < -0.39 is 11.2 Å². The Bertz CT molecular complexity index is 2500. The van der Waals surface area contributed by atoms with E-state index in [0.29, 0.717) is 42.2 Å². The largest absolute Gasteiger partial charge is 0.481 e. The van der Waals surface area contributed by atoms with Crippen molar-refractivity contribution in [2.45, 2.75) is 44.7 Å². The van der Waals surface area contributed by atoms with Crippen molar-refractivity contribution in [1.82, 2.24) is 39.2 Å². The number of methoxy groups -OCH3 is 2. The van der Waals surface area contributed by atoms with Gasteiger partial charge in [0.2, 0.25) is 5.88 Å². The molecule has 2 amide bonds. The molecular formula is C40H44ClN9O5. The molecule has 2 atom stereocenters. The number of rotatable bonds is 9. The molecule has 14 nitrogen and oxygen atoms in total. The van der Waals surface area contributed by atoms with Crippen LogP contribution in [0.2, 0.25) is 5.02 Å². The van der Waals surface area contributed by atoms with Crippen LogP contribution in [0.5, 0.6) is 5.88 Å². The van der Waals surface area contributed by atoms with Crippen molar-refractivity contribution in [3.8, 4) is 28.3 Å². The third-order valence-electron chi connectivity index (χ3n) is 11.4. The summed E-state index contributed by atoms with van der Waals surface area (Å²) in [7, 11) is 6.34. The van der Waals surface area contributed by atoms with Gasteiger partial charge in [-0.1, -0.05) is 41.9 Å². The first-order valence-electron chi connectivity index (χ1n) is 18.4. The zero-order valence-corrected chi connectivity index (χ0v) is 32.6. The van der Waals surface area contributed by atoms with Crippen LogP contribution >= 0.6 is 11.6 Å². The summed E-state index contributed by atoms with van der Waals surface area (Å²) in [5, 5.41) is 7.41. The number of fused-ring (bicyclic) bond motifs is 2. The number of amides is 2. The van der Waals surface area contributed by atoms with E-state index in [2.05, 4.69) is 31.6 Å². The van der Waals surface area contributed by atoms with Gasteiger partial charge in [0.15, 0.2) is 5.65 Å². The fourth-order valence-corrected chi connectivity index (χ4v) is 8.92. The molecule has 286 valence electrons. The van der Waals surface area contributed by atoms with E-state index >= 15 is 0 Å². The number of anilines is 2. The second kappa shape index (κ2) is 14.1. The number of hydrogen-bond donors (Lipinski definition) is 2. The summed E-state index contributed by atoms with van der Waals surface area (Å²) in [6.45, 7) is 7.11. The average Bonchev–Trinajstić information content (AvgIpc) is 3.88. The number of carbonyl (C=O) groups is 1. The fourth-order valence-electron chi connectivity index (χ4n) is 8.59. The molecule has 2 N–H and O–H groups in total. The van der Waals surface area contributed by atoms with Gasteiger partial charge in [0.1, 0.15) is 17.0 Å². The van der Waals surface area contributed by atoms with Crippen LogP contribution in [-0.2, 0) is 25.3 Å². The summed E-state index contributed by atoms with van der Waals surface area (Å²) in [5.41, 5.74) is 6.17. The lowest BCUT2D eigenvalue weighted by molar-refractivity contribution is 0.158. The molecular weight excluding hydrogens is 722 g/mol. The van der Waals surface area contributed by atoms with Gasteiger partial charge in [-0.15, -0.1) is 0 Å². The molecule has 1 spiro atoms. The zero-order chi connectivity index (χ0) is 38.8. The minimum atomic E-state index is -0.481. The van der Waals surface area contributed by atoms with E-state index in [1.54, 1.807) is 28.2 Å². The third-order valence-corrected chi connectivity index (χ3v) is 11.8. The minimum Gasteiger partial charge on any atom is -0.481 e. The van der Waals surface area contributed by atoms with Crippen molar-refractivity contribution < 1.29 is 14.3 Å². The predicted octanol–water partition coefficient (Wildman–Crippen LogP) is 4.88. The van der Waals surface area contributed by atoms with Gasteiger partial charge in [-0.25, -0.2) is 24.5 Å². The fraction of sp³-hybridized carbons (Fsp3) is 0.400. The van der Waals surface area contributed by atoms with E-state index in [9.17, 15) is 14.4 Å². The van der Waals surface area contributed by atoms with Gasteiger partial charge in [0.05, 0.1) is 30.0 Å². The molecule has 15 heteroatoms. The van der Waals surface area contributed by atoms with Crippen molar-refractivity contribution >= 4 is 40.2 Å². The first-order valence-corrected chi connectivity index (χ1v) is 18.8. The van der Waals surface area contributed by atoms with E-state index in [-0.39, 0.29) is 28.6 Å². The number of nitrogens with one attached hydrogen (secondary N) is 2. The van der Waals surface area contributed by atoms with Crippen molar-refractivity contribution in [1.29, 1.82) is 0 Å². The van der Waals surface area contributed by atoms with Gasteiger partial charge in [0, 0.05) is 75.8 Å². The smallest absolute Gasteiger partial charge is 0.332 e. The number of aryl methyl sites for hydroxylation is 3. The number of nitrogens with zero attached hydrogens (tertiary/aromatic N) is 7. The van der Waals surface area contributed by atoms with Crippen molar-refractivity contribution in [3.63, 3.8) is 0 Å². The number of ether oxygens (including phenoxy) is 2. The summed E-state index contributed by atoms with van der Waals surface area (Å²) < 4.78 is 13.6. The normalized spacial score (nSPS) is 19.4. The lowest BCUT2D eigenvalue weighted by Gasteiger charge is -2.28. The van der Waals surface area contributed by atoms with Gasteiger partial charge in [-0.05, 0) is 61.9 Å². The lowest BCUT2D eigenvalue weighted by atomic mass is 9.96. The summed E-state index contributed by atoms with van der Waals surface area (Å²) in [6, 6.07) is 14.0. The van der Waals surface area contributed by atoms with Crippen LogP contribution in [0.25, 0.3) is 33.4 Å². The van der Waals surface area contributed by atoms with Gasteiger partial charge in [0.25, 0.3) is 5.56 Å². The van der Waals surface area contributed by atoms with Crippen molar-refractivity contribution in [3.05, 3.63) is 90.8 Å². The summed E-state index contributed by atoms with van der Waals surface area (Å²) in [6.07, 6.45) is 2.69. The molecule has 0 saturated carbocycles. The van der Waals surface area contributed by atoms with Gasteiger partial charge in [-0.3, -0.25) is 18.8 Å². The Kier molecular flexibility index (Phi) is 9.38. The second-order valence-corrected chi connectivity index (χ2v) is 15.2. The molecule has 5 heterocycles. The number of pyridine rings is 1. The molecule has 55 heavy (non-hydrogen) atoms. The average molecular weight is 766 g/mol. The Labute approximate surface area is 323 Å². The highest BCUT2D eigenvalue weighted by Gasteiger charge is 2.49. The monoisotopic (exact) mass is 765 g/mol. The van der Waals surface area contributed by atoms with E-state index in [1.807, 2.05) is 48.2 Å². The SMILES string of the molecule is COCCN1CC2(CCN(C3CCc4cc(-c5cccc(-c6cccc(Nc7nc(C)nc8c7c(=O)n(C)c(=O)n8C)c6C)c5Cl)nc(OC)c43)C2)NC1=O. The number of urea groups is 1. The molecule has 5 aromatic rings. The minimum absolute atomic E-state index is 0.0254. The second-order valence-electron chi connectivity index (χ2n) is 14.8. The van der Waals surface area contributed by atoms with Crippen LogP contribution in [0.1, 0.15) is 41.4 Å². The maximum absolute atomic E-state index is 13.3. The van der Waals surface area contributed by atoms with Crippen LogP contribution < -0.4 is 26.6 Å². The Morgan fingerprint density at radius 2 is 1.75 bits per heavy atom. The third kappa shape index (κ3) is 6.21. The van der Waals surface area contributed by atoms with E-state index in [0.717, 1.165) is 76.1 Å².